The summed E-state index contributed by atoms with van der Waals surface area (Å²) in [4.78, 5) is 37.2. The molecule has 53 heavy (non-hydrogen) atoms. The number of carbonyl (C=O) groups excluding carboxylic acids is 2. The van der Waals surface area contributed by atoms with E-state index in [1.165, 1.54) is 36.4 Å². The summed E-state index contributed by atoms with van der Waals surface area (Å²) in [6.45, 7) is 10.9. The minimum atomic E-state index is -2.83. The number of hydrogen-bond acceptors (Lipinski definition) is 9. The van der Waals surface area contributed by atoms with Gasteiger partial charge in [0.25, 0.3) is 12.3 Å². The van der Waals surface area contributed by atoms with Crippen LogP contribution in [0.25, 0.3) is 5.65 Å². The Morgan fingerprint density at radius 3 is 2.40 bits per heavy atom. The number of likely N-dealkylation sites (tertiary alicyclic amines) is 1. The number of morpholine rings is 1. The smallest absolute Gasteiger partial charge is 0.410 e. The van der Waals surface area contributed by atoms with Crippen LogP contribution in [0.5, 0.6) is 0 Å². The molecular formula is C38H55F2N9O4. The van der Waals surface area contributed by atoms with Crippen molar-refractivity contribution in [3.8, 4) is 0 Å². The Hall–Kier alpha value is -3.85. The minimum Gasteiger partial charge on any atom is -0.444 e. The molecule has 3 aromatic heterocycles. The molecule has 0 bridgehead atoms. The van der Waals surface area contributed by atoms with E-state index in [0.717, 1.165) is 58.2 Å². The molecule has 7 rings (SSSR count). The molecule has 1 N–H and O–H groups in total. The van der Waals surface area contributed by atoms with Gasteiger partial charge in [-0.05, 0) is 109 Å². The molecule has 2 saturated heterocycles. The number of anilines is 2. The molecule has 0 unspecified atom stereocenters. The van der Waals surface area contributed by atoms with E-state index in [1.807, 2.05) is 31.7 Å². The molecule has 2 aliphatic carbocycles. The van der Waals surface area contributed by atoms with Crippen molar-refractivity contribution in [1.29, 1.82) is 0 Å². The van der Waals surface area contributed by atoms with Crippen molar-refractivity contribution in [2.24, 2.45) is 11.3 Å². The van der Waals surface area contributed by atoms with Gasteiger partial charge in [0, 0.05) is 51.2 Å². The third kappa shape index (κ3) is 8.61. The number of aromatic nitrogens is 5. The van der Waals surface area contributed by atoms with Gasteiger partial charge in [-0.2, -0.15) is 10.2 Å². The fourth-order valence-electron chi connectivity index (χ4n) is 8.82. The van der Waals surface area contributed by atoms with E-state index in [1.54, 1.807) is 17.1 Å². The highest BCUT2D eigenvalue weighted by molar-refractivity contribution is 6.08. The lowest BCUT2D eigenvalue weighted by molar-refractivity contribution is -0.00211. The van der Waals surface area contributed by atoms with Crippen LogP contribution in [0.15, 0.2) is 24.7 Å². The van der Waals surface area contributed by atoms with Gasteiger partial charge in [-0.3, -0.25) is 9.48 Å². The molecule has 4 fully saturated rings. The fourth-order valence-corrected chi connectivity index (χ4v) is 8.82. The number of ether oxygens (including phenoxy) is 2. The average Bonchev–Trinajstić information content (AvgIpc) is 3.77. The lowest BCUT2D eigenvalue weighted by Crippen LogP contribution is -2.48. The Balaban J connectivity index is 0.900. The summed E-state index contributed by atoms with van der Waals surface area (Å²) in [5.74, 6) is 0.693. The van der Waals surface area contributed by atoms with Gasteiger partial charge < -0.3 is 29.5 Å². The van der Waals surface area contributed by atoms with Crippen LogP contribution in [-0.2, 0) is 9.47 Å². The van der Waals surface area contributed by atoms with Crippen molar-refractivity contribution in [3.05, 3.63) is 35.9 Å². The van der Waals surface area contributed by atoms with E-state index in [-0.39, 0.29) is 23.4 Å². The molecular weight excluding hydrogens is 684 g/mol. The van der Waals surface area contributed by atoms with E-state index in [2.05, 4.69) is 37.3 Å². The normalized spacial score (nSPS) is 22.9. The van der Waals surface area contributed by atoms with Gasteiger partial charge >= 0.3 is 6.09 Å². The van der Waals surface area contributed by atoms with Crippen LogP contribution >= 0.6 is 0 Å². The number of piperidine rings is 1. The van der Waals surface area contributed by atoms with Crippen LogP contribution in [-0.4, -0.2) is 111 Å². The van der Waals surface area contributed by atoms with Crippen LogP contribution in [0.1, 0.15) is 113 Å². The Kier molecular flexibility index (Phi) is 10.9. The molecule has 290 valence electrons. The second kappa shape index (κ2) is 15.5. The molecule has 2 amide bonds. The van der Waals surface area contributed by atoms with Crippen molar-refractivity contribution in [2.75, 3.05) is 63.2 Å². The summed E-state index contributed by atoms with van der Waals surface area (Å²) < 4.78 is 42.6. The predicted molar refractivity (Wildman–Crippen MR) is 197 cm³/mol. The minimum absolute atomic E-state index is 0.00415. The Morgan fingerprint density at radius 2 is 1.74 bits per heavy atom. The first-order valence-corrected chi connectivity index (χ1v) is 19.4. The summed E-state index contributed by atoms with van der Waals surface area (Å²) in [6.07, 6.45) is 12.2. The zero-order valence-corrected chi connectivity index (χ0v) is 31.6. The van der Waals surface area contributed by atoms with Crippen molar-refractivity contribution in [3.63, 3.8) is 0 Å². The molecule has 3 aromatic rings. The Bertz CT molecular complexity index is 1720. The van der Waals surface area contributed by atoms with Gasteiger partial charge in [0.1, 0.15) is 17.0 Å². The van der Waals surface area contributed by atoms with Crippen molar-refractivity contribution >= 4 is 29.2 Å². The quantitative estimate of drug-likeness (QED) is 0.273. The summed E-state index contributed by atoms with van der Waals surface area (Å²) in [5, 5.41) is 11.2. The zero-order chi connectivity index (χ0) is 37.3. The molecule has 0 aromatic carbocycles. The first kappa shape index (κ1) is 37.5. The van der Waals surface area contributed by atoms with Crippen LogP contribution in [0.2, 0.25) is 0 Å². The SMILES string of the molecule is CN(CC1CCC(n2cc(NC(=O)c3cnn4ccc(N5CCOCC5)nc34)c(C(F)F)n2)CC1)C1CCC2(CC1)CCN(C(=O)OC(C)(C)C)CC2. The number of rotatable bonds is 8. The summed E-state index contributed by atoms with van der Waals surface area (Å²) in [6, 6.07) is 2.39. The van der Waals surface area contributed by atoms with Gasteiger partial charge in [0.15, 0.2) is 11.3 Å². The first-order chi connectivity index (χ1) is 25.4. The molecule has 1 spiro atoms. The molecule has 15 heteroatoms. The molecule has 4 aliphatic rings. The highest BCUT2D eigenvalue weighted by Crippen LogP contribution is 2.46. The average molecular weight is 740 g/mol. The predicted octanol–water partition coefficient (Wildman–Crippen LogP) is 6.58. The third-order valence-electron chi connectivity index (χ3n) is 12.0. The molecule has 2 aliphatic heterocycles. The fraction of sp³-hybridized carbons (Fsp3) is 0.711. The van der Waals surface area contributed by atoms with Gasteiger partial charge in [-0.25, -0.2) is 23.1 Å². The summed E-state index contributed by atoms with van der Waals surface area (Å²) >= 11 is 0. The number of alkyl halides is 2. The van der Waals surface area contributed by atoms with E-state index in [9.17, 15) is 18.4 Å². The first-order valence-electron chi connectivity index (χ1n) is 19.4. The van der Waals surface area contributed by atoms with Gasteiger partial charge in [-0.1, -0.05) is 0 Å². The molecule has 0 radical (unpaired) electrons. The number of amides is 2. The molecule has 0 atom stereocenters. The van der Waals surface area contributed by atoms with Gasteiger partial charge in [0.2, 0.25) is 0 Å². The van der Waals surface area contributed by atoms with E-state index < -0.39 is 23.6 Å². The molecule has 2 saturated carbocycles. The second-order valence-corrected chi connectivity index (χ2v) is 16.7. The topological polar surface area (TPSA) is 122 Å². The van der Waals surface area contributed by atoms with Crippen LogP contribution < -0.4 is 10.2 Å². The third-order valence-corrected chi connectivity index (χ3v) is 12.0. The molecule has 13 nitrogen and oxygen atoms in total. The van der Waals surface area contributed by atoms with Crippen LogP contribution in [0, 0.1) is 11.3 Å². The lowest BCUT2D eigenvalue weighted by Gasteiger charge is -2.47. The summed E-state index contributed by atoms with van der Waals surface area (Å²) in [7, 11) is 2.25. The maximum atomic E-state index is 14.2. The number of fused-ring (bicyclic) bond motifs is 1. The van der Waals surface area contributed by atoms with E-state index >= 15 is 0 Å². The standard InChI is InChI=1S/C38H55F2N9O4/c1-37(2,3)53-36(51)47-17-14-38(15-18-47)12-9-27(10-13-38)45(4)24-26-5-7-28(8-6-26)49-25-30(32(44-49)33(39)40)42-35(50)29-23-41-48-16-11-31(43-34(29)48)46-19-21-52-22-20-46/h11,16,23,25-28,33H,5-10,12-15,17-22,24H2,1-4H3,(H,42,50). The molecule has 5 heterocycles. The van der Waals surface area contributed by atoms with Gasteiger partial charge in [0.05, 0.1) is 31.1 Å². The van der Waals surface area contributed by atoms with E-state index in [0.29, 0.717) is 55.1 Å². The lowest BCUT2D eigenvalue weighted by atomic mass is 9.66. The number of nitrogens with zero attached hydrogens (tertiary/aromatic N) is 8. The monoisotopic (exact) mass is 739 g/mol. The van der Waals surface area contributed by atoms with Crippen LogP contribution in [0.4, 0.5) is 25.1 Å². The second-order valence-electron chi connectivity index (χ2n) is 16.7. The summed E-state index contributed by atoms with van der Waals surface area (Å²) in [5.41, 5.74) is 0.0109. The highest BCUT2D eigenvalue weighted by Gasteiger charge is 2.41. The van der Waals surface area contributed by atoms with Crippen molar-refractivity contribution < 1.29 is 27.8 Å². The maximum absolute atomic E-state index is 14.2. The number of halogens is 2. The maximum Gasteiger partial charge on any atom is 0.410 e. The van der Waals surface area contributed by atoms with Crippen molar-refractivity contribution in [1.82, 2.24) is 34.2 Å². The zero-order valence-electron chi connectivity index (χ0n) is 31.6. The largest absolute Gasteiger partial charge is 0.444 e. The number of hydrogen-bond donors (Lipinski definition) is 1. The highest BCUT2D eigenvalue weighted by atomic mass is 19.3. The Morgan fingerprint density at radius 1 is 1.04 bits per heavy atom. The Labute approximate surface area is 310 Å². The van der Waals surface area contributed by atoms with Crippen LogP contribution in [0.3, 0.4) is 0 Å². The van der Waals surface area contributed by atoms with Crippen molar-refractivity contribution in [2.45, 2.75) is 109 Å². The van der Waals surface area contributed by atoms with E-state index in [4.69, 9.17) is 9.47 Å². The van der Waals surface area contributed by atoms with Gasteiger partial charge in [-0.15, -0.1) is 0 Å². The number of carbonyl (C=O) groups is 2. The number of nitrogens with one attached hydrogen (secondary N) is 1.